The Morgan fingerprint density at radius 2 is 2.29 bits per heavy atom. The SMILES string of the molecule is CCn1ncnc1COc1cccc([N+](=O)[O-])c1C(=O)O. The lowest BCUT2D eigenvalue weighted by Gasteiger charge is -2.09. The molecule has 0 aliphatic heterocycles. The van der Waals surface area contributed by atoms with Gasteiger partial charge in [-0.15, -0.1) is 0 Å². The maximum absolute atomic E-state index is 11.2. The summed E-state index contributed by atoms with van der Waals surface area (Å²) in [6, 6.07) is 3.85. The topological polar surface area (TPSA) is 120 Å². The summed E-state index contributed by atoms with van der Waals surface area (Å²) in [5, 5.41) is 24.0. The van der Waals surface area contributed by atoms with Crippen LogP contribution >= 0.6 is 0 Å². The monoisotopic (exact) mass is 292 g/mol. The number of aryl methyl sites for hydroxylation is 1. The van der Waals surface area contributed by atoms with Crippen molar-refractivity contribution in [2.45, 2.75) is 20.1 Å². The van der Waals surface area contributed by atoms with Crippen LogP contribution in [0.5, 0.6) is 5.75 Å². The molecule has 0 amide bonds. The highest BCUT2D eigenvalue weighted by Gasteiger charge is 2.24. The number of nitrogens with zero attached hydrogens (tertiary/aromatic N) is 4. The van der Waals surface area contributed by atoms with Crippen LogP contribution in [0.15, 0.2) is 24.5 Å². The molecule has 9 nitrogen and oxygen atoms in total. The van der Waals surface area contributed by atoms with E-state index in [0.717, 1.165) is 6.07 Å². The van der Waals surface area contributed by atoms with E-state index in [1.54, 1.807) is 4.68 Å². The summed E-state index contributed by atoms with van der Waals surface area (Å²) < 4.78 is 6.95. The van der Waals surface area contributed by atoms with Gasteiger partial charge in [-0.25, -0.2) is 14.5 Å². The smallest absolute Gasteiger partial charge is 0.346 e. The molecule has 1 aromatic heterocycles. The molecule has 0 saturated carbocycles. The fraction of sp³-hybridized carbons (Fsp3) is 0.250. The van der Waals surface area contributed by atoms with E-state index in [1.165, 1.54) is 18.5 Å². The molecule has 0 bridgehead atoms. The van der Waals surface area contributed by atoms with Gasteiger partial charge < -0.3 is 9.84 Å². The summed E-state index contributed by atoms with van der Waals surface area (Å²) in [5.41, 5.74) is -0.998. The molecular formula is C12H12N4O5. The number of nitro groups is 1. The Balaban J connectivity index is 2.30. The van der Waals surface area contributed by atoms with Gasteiger partial charge in [-0.05, 0) is 13.0 Å². The van der Waals surface area contributed by atoms with Crippen molar-refractivity contribution in [2.75, 3.05) is 0 Å². The van der Waals surface area contributed by atoms with Gasteiger partial charge in [0.2, 0.25) is 0 Å². The minimum Gasteiger partial charge on any atom is -0.484 e. The quantitative estimate of drug-likeness (QED) is 0.632. The third-order valence-electron chi connectivity index (χ3n) is 2.77. The molecule has 0 radical (unpaired) electrons. The first-order chi connectivity index (χ1) is 10.0. The van der Waals surface area contributed by atoms with E-state index < -0.39 is 22.1 Å². The largest absolute Gasteiger partial charge is 0.484 e. The fourth-order valence-electron chi connectivity index (χ4n) is 1.81. The van der Waals surface area contributed by atoms with Crippen molar-refractivity contribution in [3.8, 4) is 5.75 Å². The van der Waals surface area contributed by atoms with Gasteiger partial charge in [0.25, 0.3) is 5.69 Å². The number of hydrogen-bond donors (Lipinski definition) is 1. The van der Waals surface area contributed by atoms with Crippen LogP contribution in [0.25, 0.3) is 0 Å². The zero-order valence-electron chi connectivity index (χ0n) is 11.1. The molecule has 9 heteroatoms. The van der Waals surface area contributed by atoms with E-state index in [1.807, 2.05) is 6.92 Å². The Morgan fingerprint density at radius 3 is 2.90 bits per heavy atom. The number of carboxylic acid groups (broad SMARTS) is 1. The van der Waals surface area contributed by atoms with E-state index in [4.69, 9.17) is 9.84 Å². The summed E-state index contributed by atoms with van der Waals surface area (Å²) in [6.45, 7) is 2.42. The van der Waals surface area contributed by atoms with Gasteiger partial charge in [-0.3, -0.25) is 10.1 Å². The summed E-state index contributed by atoms with van der Waals surface area (Å²) in [5.74, 6) is -1.00. The maximum atomic E-state index is 11.2. The highest BCUT2D eigenvalue weighted by molar-refractivity contribution is 5.95. The molecule has 1 N–H and O–H groups in total. The zero-order chi connectivity index (χ0) is 15.4. The van der Waals surface area contributed by atoms with Crippen molar-refractivity contribution >= 4 is 11.7 Å². The second-order valence-corrected chi connectivity index (χ2v) is 3.99. The summed E-state index contributed by atoms with van der Waals surface area (Å²) in [4.78, 5) is 25.3. The minimum atomic E-state index is -1.42. The first kappa shape index (κ1) is 14.4. The van der Waals surface area contributed by atoms with Crippen LogP contribution in [0.1, 0.15) is 23.1 Å². The van der Waals surface area contributed by atoms with E-state index in [2.05, 4.69) is 10.1 Å². The molecule has 0 aliphatic rings. The van der Waals surface area contributed by atoms with Gasteiger partial charge in [-0.2, -0.15) is 5.10 Å². The molecule has 0 spiro atoms. The van der Waals surface area contributed by atoms with Gasteiger partial charge in [0.05, 0.1) is 4.92 Å². The third kappa shape index (κ3) is 2.96. The Kier molecular flexibility index (Phi) is 4.12. The molecule has 0 atom stereocenters. The molecule has 110 valence electrons. The average molecular weight is 292 g/mol. The van der Waals surface area contributed by atoms with Crippen LogP contribution in [0, 0.1) is 10.1 Å². The lowest BCUT2D eigenvalue weighted by atomic mass is 10.1. The summed E-state index contributed by atoms with van der Waals surface area (Å²) in [6.07, 6.45) is 1.35. The molecule has 2 rings (SSSR count). The maximum Gasteiger partial charge on any atom is 0.346 e. The molecule has 0 saturated heterocycles. The van der Waals surface area contributed by atoms with Crippen molar-refractivity contribution in [1.82, 2.24) is 14.8 Å². The van der Waals surface area contributed by atoms with Crippen LogP contribution in [-0.2, 0) is 13.2 Å². The number of hydrogen-bond acceptors (Lipinski definition) is 6. The molecule has 2 aromatic rings. The van der Waals surface area contributed by atoms with Gasteiger partial charge in [-0.1, -0.05) is 6.07 Å². The number of aromatic carboxylic acids is 1. The fourth-order valence-corrected chi connectivity index (χ4v) is 1.81. The predicted molar refractivity (Wildman–Crippen MR) is 70.1 cm³/mol. The number of aromatic nitrogens is 3. The van der Waals surface area contributed by atoms with Crippen LogP contribution in [0.2, 0.25) is 0 Å². The van der Waals surface area contributed by atoms with E-state index in [-0.39, 0.29) is 12.4 Å². The molecule has 0 fully saturated rings. The number of ether oxygens (including phenoxy) is 1. The normalized spacial score (nSPS) is 10.3. The Bertz CT molecular complexity index is 682. The van der Waals surface area contributed by atoms with Gasteiger partial charge in [0.15, 0.2) is 11.4 Å². The minimum absolute atomic E-state index is 0.0325. The van der Waals surface area contributed by atoms with Gasteiger partial charge >= 0.3 is 5.97 Å². The predicted octanol–water partition coefficient (Wildman–Crippen LogP) is 1.48. The van der Waals surface area contributed by atoms with Crippen molar-refractivity contribution in [1.29, 1.82) is 0 Å². The highest BCUT2D eigenvalue weighted by atomic mass is 16.6. The van der Waals surface area contributed by atoms with Crippen LogP contribution in [0.4, 0.5) is 5.69 Å². The zero-order valence-corrected chi connectivity index (χ0v) is 11.1. The highest BCUT2D eigenvalue weighted by Crippen LogP contribution is 2.28. The summed E-state index contributed by atoms with van der Waals surface area (Å²) in [7, 11) is 0. The van der Waals surface area contributed by atoms with E-state index in [0.29, 0.717) is 12.4 Å². The molecular weight excluding hydrogens is 280 g/mol. The average Bonchev–Trinajstić information content (AvgIpc) is 2.91. The molecule has 21 heavy (non-hydrogen) atoms. The number of carbonyl (C=O) groups is 1. The van der Waals surface area contributed by atoms with Crippen molar-refractivity contribution in [3.63, 3.8) is 0 Å². The van der Waals surface area contributed by atoms with Crippen LogP contribution in [-0.4, -0.2) is 30.8 Å². The van der Waals surface area contributed by atoms with Crippen molar-refractivity contribution < 1.29 is 19.6 Å². The molecule has 0 unspecified atom stereocenters. The number of carboxylic acids is 1. The van der Waals surface area contributed by atoms with E-state index in [9.17, 15) is 14.9 Å². The Labute approximate surface area is 118 Å². The second-order valence-electron chi connectivity index (χ2n) is 3.99. The lowest BCUT2D eigenvalue weighted by molar-refractivity contribution is -0.385. The standard InChI is InChI=1S/C12H12N4O5/c1-2-15-10(13-7-14-15)6-21-9-5-3-4-8(16(19)20)11(9)12(17)18/h3-5,7H,2,6H2,1H3,(H,17,18). The summed E-state index contributed by atoms with van der Waals surface area (Å²) >= 11 is 0. The van der Waals surface area contributed by atoms with Gasteiger partial charge in [0.1, 0.15) is 18.7 Å². The third-order valence-corrected chi connectivity index (χ3v) is 2.77. The first-order valence-electron chi connectivity index (χ1n) is 6.04. The van der Waals surface area contributed by atoms with E-state index >= 15 is 0 Å². The Hall–Kier alpha value is -2.97. The molecule has 1 heterocycles. The number of benzene rings is 1. The Morgan fingerprint density at radius 1 is 1.52 bits per heavy atom. The lowest BCUT2D eigenvalue weighted by Crippen LogP contribution is -2.10. The van der Waals surface area contributed by atoms with Gasteiger partial charge in [0, 0.05) is 12.6 Å². The van der Waals surface area contributed by atoms with Crippen LogP contribution < -0.4 is 4.74 Å². The first-order valence-corrected chi connectivity index (χ1v) is 6.04. The number of nitro benzene ring substituents is 1. The molecule has 1 aromatic carbocycles. The molecule has 0 aliphatic carbocycles. The second kappa shape index (κ2) is 5.99. The number of rotatable bonds is 6. The van der Waals surface area contributed by atoms with Crippen LogP contribution in [0.3, 0.4) is 0 Å². The van der Waals surface area contributed by atoms with Crippen molar-refractivity contribution in [3.05, 3.63) is 46.0 Å². The van der Waals surface area contributed by atoms with Crippen molar-refractivity contribution in [2.24, 2.45) is 0 Å².